The fourth-order valence-electron chi connectivity index (χ4n) is 2.29. The number of pyridine rings is 1. The van der Waals surface area contributed by atoms with Crippen LogP contribution in [0.15, 0.2) is 43.4 Å². The van der Waals surface area contributed by atoms with Crippen LogP contribution < -0.4 is 4.90 Å². The third kappa shape index (κ3) is 4.88. The fraction of sp³-hybridized carbons (Fsp3) is 0.353. The van der Waals surface area contributed by atoms with Gasteiger partial charge in [0.05, 0.1) is 29.5 Å². The van der Waals surface area contributed by atoms with Crippen molar-refractivity contribution in [3.8, 4) is 5.69 Å². The largest absolute Gasteiger partial charge is 0.312 e. The monoisotopic (exact) mass is 366 g/mol. The molecule has 0 fully saturated rings. The molecule has 134 valence electrons. The second kappa shape index (κ2) is 8.24. The normalized spacial score (nSPS) is 11.4. The molecule has 1 amide bonds. The van der Waals surface area contributed by atoms with Crippen LogP contribution in [0.2, 0.25) is 0 Å². The van der Waals surface area contributed by atoms with Crippen LogP contribution in [0, 0.1) is 6.92 Å². The molecule has 0 aliphatic carbocycles. The van der Waals surface area contributed by atoms with E-state index in [0.29, 0.717) is 35.8 Å². The molecular weight excluding hydrogens is 346 g/mol. The van der Waals surface area contributed by atoms with Crippen LogP contribution in [0.25, 0.3) is 5.69 Å². The third-order valence-electron chi connectivity index (χ3n) is 3.54. The highest BCUT2D eigenvalue weighted by Gasteiger charge is 2.26. The van der Waals surface area contributed by atoms with Crippen molar-refractivity contribution in [3.05, 3.63) is 49.1 Å². The van der Waals surface area contributed by atoms with Gasteiger partial charge in [0.1, 0.15) is 0 Å². The molecule has 0 atom stereocenters. The Hall–Kier alpha value is -2.22. The van der Waals surface area contributed by atoms with Gasteiger partial charge in [-0.3, -0.25) is 9.78 Å². The smallest absolute Gasteiger partial charge is 0.310 e. The number of rotatable bonds is 8. The van der Waals surface area contributed by atoms with Crippen molar-refractivity contribution in [3.63, 3.8) is 0 Å². The van der Waals surface area contributed by atoms with Gasteiger partial charge in [0.2, 0.25) is 5.91 Å². The van der Waals surface area contributed by atoms with Crippen molar-refractivity contribution < 1.29 is 13.6 Å². The maximum atomic E-state index is 13.2. The van der Waals surface area contributed by atoms with E-state index in [9.17, 15) is 13.6 Å². The van der Waals surface area contributed by atoms with E-state index < -0.39 is 5.25 Å². The molecule has 25 heavy (non-hydrogen) atoms. The third-order valence-corrected chi connectivity index (χ3v) is 4.50. The minimum atomic E-state index is -3.02. The number of carbonyl (C=O) groups excluding carboxylic acids is 1. The van der Waals surface area contributed by atoms with Crippen LogP contribution in [-0.4, -0.2) is 38.2 Å². The van der Waals surface area contributed by atoms with Crippen LogP contribution in [0.3, 0.4) is 0 Å². The molecule has 0 N–H and O–H groups in total. The summed E-state index contributed by atoms with van der Waals surface area (Å²) in [7, 11) is 0. The van der Waals surface area contributed by atoms with Crippen LogP contribution in [0.5, 0.6) is 0 Å². The van der Waals surface area contributed by atoms with Gasteiger partial charge in [0.25, 0.3) is 0 Å². The number of anilines is 1. The van der Waals surface area contributed by atoms with Gasteiger partial charge in [0, 0.05) is 24.9 Å². The highest BCUT2D eigenvalue weighted by molar-refractivity contribution is 8.00. The van der Waals surface area contributed by atoms with Gasteiger partial charge < -0.3 is 4.90 Å². The Morgan fingerprint density at radius 2 is 2.28 bits per heavy atom. The average molecular weight is 366 g/mol. The SMILES string of the molecule is C=CC(F)(F)SCCC(=O)N(CC)c1cn(-c2cccnc2)nc1C. The molecule has 2 heterocycles. The summed E-state index contributed by atoms with van der Waals surface area (Å²) < 4.78 is 28.0. The van der Waals surface area contributed by atoms with Crippen molar-refractivity contribution in [2.75, 3.05) is 17.2 Å². The van der Waals surface area contributed by atoms with Gasteiger partial charge in [0.15, 0.2) is 0 Å². The van der Waals surface area contributed by atoms with Crippen molar-refractivity contribution in [1.29, 1.82) is 0 Å². The van der Waals surface area contributed by atoms with Crippen molar-refractivity contribution in [1.82, 2.24) is 14.8 Å². The summed E-state index contributed by atoms with van der Waals surface area (Å²) in [6, 6.07) is 3.65. The maximum Gasteiger partial charge on any atom is 0.312 e. The number of amides is 1. The number of aromatic nitrogens is 3. The zero-order valence-corrected chi connectivity index (χ0v) is 15.0. The minimum absolute atomic E-state index is 0.0133. The molecule has 0 radical (unpaired) electrons. The molecule has 0 aliphatic heterocycles. The fourth-order valence-corrected chi connectivity index (χ4v) is 2.95. The zero-order valence-electron chi connectivity index (χ0n) is 14.2. The van der Waals surface area contributed by atoms with Crippen molar-refractivity contribution in [2.45, 2.75) is 25.5 Å². The van der Waals surface area contributed by atoms with Gasteiger partial charge in [-0.05, 0) is 32.1 Å². The first-order chi connectivity index (χ1) is 11.9. The van der Waals surface area contributed by atoms with E-state index in [0.717, 1.165) is 5.69 Å². The Bertz CT molecular complexity index is 734. The number of nitrogens with zero attached hydrogens (tertiary/aromatic N) is 4. The molecule has 2 rings (SSSR count). The molecular formula is C17H20F2N4OS. The minimum Gasteiger partial charge on any atom is -0.310 e. The van der Waals surface area contributed by atoms with Gasteiger partial charge in [-0.15, -0.1) is 0 Å². The number of hydrogen-bond donors (Lipinski definition) is 0. The zero-order chi connectivity index (χ0) is 18.4. The predicted octanol–water partition coefficient (Wildman–Crippen LogP) is 3.83. The highest BCUT2D eigenvalue weighted by Crippen LogP contribution is 2.30. The molecule has 0 saturated heterocycles. The summed E-state index contributed by atoms with van der Waals surface area (Å²) in [4.78, 5) is 18.0. The van der Waals surface area contributed by atoms with Gasteiger partial charge >= 0.3 is 5.25 Å². The first-order valence-corrected chi connectivity index (χ1v) is 8.79. The topological polar surface area (TPSA) is 51.0 Å². The lowest BCUT2D eigenvalue weighted by molar-refractivity contribution is -0.118. The van der Waals surface area contributed by atoms with E-state index in [1.165, 1.54) is 0 Å². The molecule has 0 spiro atoms. The number of alkyl halides is 2. The molecule has 0 aliphatic rings. The van der Waals surface area contributed by atoms with Crippen LogP contribution >= 0.6 is 11.8 Å². The molecule has 0 bridgehead atoms. The lowest BCUT2D eigenvalue weighted by Crippen LogP contribution is -2.31. The van der Waals surface area contributed by atoms with Gasteiger partial charge in [-0.1, -0.05) is 18.3 Å². The molecule has 0 aromatic carbocycles. The summed E-state index contributed by atoms with van der Waals surface area (Å²) in [5.74, 6) is -0.201. The van der Waals surface area contributed by atoms with E-state index in [2.05, 4.69) is 16.7 Å². The summed E-state index contributed by atoms with van der Waals surface area (Å²) >= 11 is 0.408. The summed E-state index contributed by atoms with van der Waals surface area (Å²) in [5, 5.41) is 1.39. The quantitative estimate of drug-likeness (QED) is 0.666. The summed E-state index contributed by atoms with van der Waals surface area (Å²) in [6.07, 6.45) is 5.68. The Morgan fingerprint density at radius 1 is 1.52 bits per heavy atom. The number of aryl methyl sites for hydroxylation is 1. The second-order valence-corrected chi connectivity index (χ2v) is 6.50. The van der Waals surface area contributed by atoms with E-state index in [-0.39, 0.29) is 18.1 Å². The van der Waals surface area contributed by atoms with E-state index >= 15 is 0 Å². The molecule has 0 saturated carbocycles. The molecule has 0 unspecified atom stereocenters. The Balaban J connectivity index is 2.11. The molecule has 8 heteroatoms. The Kier molecular flexibility index (Phi) is 6.30. The Morgan fingerprint density at radius 3 is 2.88 bits per heavy atom. The van der Waals surface area contributed by atoms with Gasteiger partial charge in [-0.25, -0.2) is 4.68 Å². The number of halogens is 2. The van der Waals surface area contributed by atoms with Crippen LogP contribution in [0.1, 0.15) is 19.0 Å². The van der Waals surface area contributed by atoms with E-state index in [1.54, 1.807) is 41.2 Å². The van der Waals surface area contributed by atoms with E-state index in [1.807, 2.05) is 13.0 Å². The molecule has 2 aromatic rings. The van der Waals surface area contributed by atoms with Gasteiger partial charge in [-0.2, -0.15) is 13.9 Å². The lowest BCUT2D eigenvalue weighted by Gasteiger charge is -2.20. The maximum absolute atomic E-state index is 13.2. The Labute approximate surface area is 149 Å². The van der Waals surface area contributed by atoms with Crippen molar-refractivity contribution >= 4 is 23.4 Å². The summed E-state index contributed by atoms with van der Waals surface area (Å²) in [5.41, 5.74) is 2.13. The second-order valence-electron chi connectivity index (χ2n) is 5.26. The highest BCUT2D eigenvalue weighted by atomic mass is 32.2. The molecule has 5 nitrogen and oxygen atoms in total. The number of thioether (sulfide) groups is 1. The number of hydrogen-bond acceptors (Lipinski definition) is 4. The first-order valence-electron chi connectivity index (χ1n) is 7.80. The number of carbonyl (C=O) groups is 1. The standard InChI is InChI=1S/C17H20F2N4OS/c1-4-17(18,19)25-10-8-16(24)22(5-2)15-12-23(21-13(15)3)14-7-6-9-20-11-14/h4,6-7,9,11-12H,1,5,8,10H2,2-3H3. The van der Waals surface area contributed by atoms with Crippen LogP contribution in [0.4, 0.5) is 14.5 Å². The van der Waals surface area contributed by atoms with E-state index in [4.69, 9.17) is 0 Å². The van der Waals surface area contributed by atoms with Crippen molar-refractivity contribution in [2.24, 2.45) is 0 Å². The molecule has 2 aromatic heterocycles. The predicted molar refractivity (Wildman–Crippen MR) is 96.3 cm³/mol. The van der Waals surface area contributed by atoms with Crippen LogP contribution in [-0.2, 0) is 4.79 Å². The summed E-state index contributed by atoms with van der Waals surface area (Å²) in [6.45, 7) is 7.16. The average Bonchev–Trinajstić information content (AvgIpc) is 2.98. The lowest BCUT2D eigenvalue weighted by atomic mass is 10.3. The first kappa shape index (κ1) is 19.1.